The average Bonchev–Trinajstić information content (AvgIpc) is 2.99. The highest BCUT2D eigenvalue weighted by Gasteiger charge is 2.09. The fourth-order valence-corrected chi connectivity index (χ4v) is 2.40. The molecule has 0 aliphatic rings. The Kier molecular flexibility index (Phi) is 4.97. The van der Waals surface area contributed by atoms with Gasteiger partial charge in [-0.25, -0.2) is 0 Å². The molecule has 1 aromatic heterocycles. The lowest BCUT2D eigenvalue weighted by Gasteiger charge is -2.10. The molecule has 1 aromatic carbocycles. The minimum atomic E-state index is 0.0157. The van der Waals surface area contributed by atoms with Crippen molar-refractivity contribution in [2.24, 2.45) is 10.9 Å². The molecular weight excluding hydrogens is 276 g/mol. The minimum absolute atomic E-state index is 0.0157. The second kappa shape index (κ2) is 6.93. The second-order valence-corrected chi connectivity index (χ2v) is 5.12. The number of ether oxygens (including phenoxy) is 2. The van der Waals surface area contributed by atoms with Crippen LogP contribution in [0.1, 0.15) is 16.0 Å². The fraction of sp³-hybridized carbons (Fsp3) is 0.214. The molecule has 3 N–H and O–H groups in total. The Labute approximate surface area is 121 Å². The van der Waals surface area contributed by atoms with Gasteiger partial charge in [0.1, 0.15) is 5.75 Å². The molecular formula is C14H16N2O3S. The van der Waals surface area contributed by atoms with Gasteiger partial charge in [-0.05, 0) is 29.1 Å². The predicted octanol–water partition coefficient (Wildman–Crippen LogP) is 2.57. The van der Waals surface area contributed by atoms with Gasteiger partial charge in [-0.15, -0.1) is 11.3 Å². The lowest BCUT2D eigenvalue weighted by atomic mass is 10.1. The molecule has 0 atom stereocenters. The number of amidine groups is 1. The summed E-state index contributed by atoms with van der Waals surface area (Å²) in [5.74, 6) is 0.573. The van der Waals surface area contributed by atoms with Crippen LogP contribution in [0.5, 0.6) is 5.75 Å². The molecule has 5 nitrogen and oxygen atoms in total. The Morgan fingerprint density at radius 2 is 2.20 bits per heavy atom. The van der Waals surface area contributed by atoms with Gasteiger partial charge in [0.2, 0.25) is 0 Å². The summed E-state index contributed by atoms with van der Waals surface area (Å²) in [7, 11) is 1.54. The van der Waals surface area contributed by atoms with Gasteiger partial charge in [-0.3, -0.25) is 0 Å². The molecule has 0 spiro atoms. The first-order valence-corrected chi connectivity index (χ1v) is 6.87. The summed E-state index contributed by atoms with van der Waals surface area (Å²) in [6, 6.07) is 9.48. The monoisotopic (exact) mass is 292 g/mol. The van der Waals surface area contributed by atoms with E-state index in [2.05, 4.69) is 5.16 Å². The summed E-state index contributed by atoms with van der Waals surface area (Å²) < 4.78 is 10.8. The number of benzene rings is 1. The highest BCUT2D eigenvalue weighted by Crippen LogP contribution is 2.20. The van der Waals surface area contributed by atoms with Crippen LogP contribution < -0.4 is 10.5 Å². The van der Waals surface area contributed by atoms with Gasteiger partial charge >= 0.3 is 0 Å². The Morgan fingerprint density at radius 3 is 2.85 bits per heavy atom. The SMILES string of the molecule is COc1ccc(COCc2cccs2)cc1C(N)=NO. The van der Waals surface area contributed by atoms with E-state index in [-0.39, 0.29) is 5.84 Å². The number of rotatable bonds is 6. The van der Waals surface area contributed by atoms with Gasteiger partial charge in [-0.2, -0.15) is 0 Å². The van der Waals surface area contributed by atoms with E-state index < -0.39 is 0 Å². The summed E-state index contributed by atoms with van der Waals surface area (Å²) in [5.41, 5.74) is 7.11. The minimum Gasteiger partial charge on any atom is -0.496 e. The van der Waals surface area contributed by atoms with Gasteiger partial charge in [0.25, 0.3) is 0 Å². The number of nitrogens with zero attached hydrogens (tertiary/aromatic N) is 1. The van der Waals surface area contributed by atoms with Crippen LogP contribution >= 0.6 is 11.3 Å². The van der Waals surface area contributed by atoms with E-state index in [0.717, 1.165) is 5.56 Å². The van der Waals surface area contributed by atoms with Crippen molar-refractivity contribution in [2.75, 3.05) is 7.11 Å². The Hall–Kier alpha value is -2.05. The van der Waals surface area contributed by atoms with Crippen LogP contribution in [-0.2, 0) is 18.0 Å². The molecule has 6 heteroatoms. The molecule has 0 aliphatic carbocycles. The van der Waals surface area contributed by atoms with Gasteiger partial charge in [0, 0.05) is 4.88 Å². The van der Waals surface area contributed by atoms with Crippen molar-refractivity contribution < 1.29 is 14.7 Å². The number of thiophene rings is 1. The standard InChI is InChI=1S/C14H16N2O3S/c1-18-13-5-4-10(7-12(13)14(15)16-17)8-19-9-11-3-2-6-20-11/h2-7,17H,8-9H2,1H3,(H2,15,16). The van der Waals surface area contributed by atoms with Gasteiger partial charge in [0.05, 0.1) is 25.9 Å². The fourth-order valence-electron chi connectivity index (χ4n) is 1.76. The van der Waals surface area contributed by atoms with Crippen LogP contribution in [0.15, 0.2) is 40.9 Å². The first-order chi connectivity index (χ1) is 9.74. The molecule has 2 rings (SSSR count). The summed E-state index contributed by atoms with van der Waals surface area (Å²) >= 11 is 1.66. The van der Waals surface area contributed by atoms with Crippen molar-refractivity contribution in [2.45, 2.75) is 13.2 Å². The number of hydrogen-bond donors (Lipinski definition) is 2. The van der Waals surface area contributed by atoms with Crippen molar-refractivity contribution >= 4 is 17.2 Å². The third-order valence-electron chi connectivity index (χ3n) is 2.74. The van der Waals surface area contributed by atoms with E-state index >= 15 is 0 Å². The molecule has 0 radical (unpaired) electrons. The number of nitrogens with two attached hydrogens (primary N) is 1. The van der Waals surface area contributed by atoms with Crippen LogP contribution in [-0.4, -0.2) is 18.2 Å². The molecule has 0 aliphatic heterocycles. The molecule has 0 saturated heterocycles. The number of oxime groups is 1. The van der Waals surface area contributed by atoms with Crippen molar-refractivity contribution in [1.82, 2.24) is 0 Å². The maximum atomic E-state index is 8.78. The van der Waals surface area contributed by atoms with E-state index in [0.29, 0.717) is 24.5 Å². The van der Waals surface area contributed by atoms with Crippen LogP contribution in [0.3, 0.4) is 0 Å². The highest BCUT2D eigenvalue weighted by molar-refractivity contribution is 7.09. The largest absolute Gasteiger partial charge is 0.496 e. The van der Waals surface area contributed by atoms with E-state index in [1.54, 1.807) is 23.5 Å². The van der Waals surface area contributed by atoms with E-state index in [1.165, 1.54) is 12.0 Å². The zero-order chi connectivity index (χ0) is 14.4. The van der Waals surface area contributed by atoms with Gasteiger partial charge < -0.3 is 20.4 Å². The average molecular weight is 292 g/mol. The summed E-state index contributed by atoms with van der Waals surface area (Å²) in [5, 5.41) is 13.8. The van der Waals surface area contributed by atoms with Crippen LogP contribution in [0.2, 0.25) is 0 Å². The third kappa shape index (κ3) is 3.49. The maximum absolute atomic E-state index is 8.78. The topological polar surface area (TPSA) is 77.1 Å². The molecule has 0 bridgehead atoms. The molecule has 0 saturated carbocycles. The second-order valence-electron chi connectivity index (χ2n) is 4.09. The molecule has 0 fully saturated rings. The highest BCUT2D eigenvalue weighted by atomic mass is 32.1. The van der Waals surface area contributed by atoms with Crippen molar-refractivity contribution in [3.05, 3.63) is 51.7 Å². The zero-order valence-corrected chi connectivity index (χ0v) is 11.9. The van der Waals surface area contributed by atoms with E-state index in [4.69, 9.17) is 20.4 Å². The summed E-state index contributed by atoms with van der Waals surface area (Å²) in [6.07, 6.45) is 0. The molecule has 0 unspecified atom stereocenters. The third-order valence-corrected chi connectivity index (χ3v) is 3.59. The first kappa shape index (κ1) is 14.4. The molecule has 20 heavy (non-hydrogen) atoms. The quantitative estimate of drug-likeness (QED) is 0.371. The smallest absolute Gasteiger partial charge is 0.173 e. The predicted molar refractivity (Wildman–Crippen MR) is 78.3 cm³/mol. The molecule has 2 aromatic rings. The number of methoxy groups -OCH3 is 1. The normalized spacial score (nSPS) is 11.6. The Balaban J connectivity index is 2.05. The van der Waals surface area contributed by atoms with Gasteiger partial charge in [-0.1, -0.05) is 17.3 Å². The van der Waals surface area contributed by atoms with E-state index in [9.17, 15) is 0 Å². The molecule has 1 heterocycles. The lowest BCUT2D eigenvalue weighted by Crippen LogP contribution is -2.15. The van der Waals surface area contributed by atoms with Crippen molar-refractivity contribution in [3.63, 3.8) is 0 Å². The molecule has 106 valence electrons. The number of hydrogen-bond acceptors (Lipinski definition) is 5. The molecule has 0 amide bonds. The van der Waals surface area contributed by atoms with E-state index in [1.807, 2.05) is 23.6 Å². The first-order valence-electron chi connectivity index (χ1n) is 5.99. The van der Waals surface area contributed by atoms with Crippen LogP contribution in [0.25, 0.3) is 0 Å². The summed E-state index contributed by atoms with van der Waals surface area (Å²) in [4.78, 5) is 1.18. The zero-order valence-electron chi connectivity index (χ0n) is 11.1. The van der Waals surface area contributed by atoms with Crippen molar-refractivity contribution in [1.29, 1.82) is 0 Å². The summed E-state index contributed by atoms with van der Waals surface area (Å²) in [6.45, 7) is 1.02. The van der Waals surface area contributed by atoms with Gasteiger partial charge in [0.15, 0.2) is 5.84 Å². The van der Waals surface area contributed by atoms with Crippen LogP contribution in [0, 0.1) is 0 Å². The maximum Gasteiger partial charge on any atom is 0.173 e. The van der Waals surface area contributed by atoms with Crippen LogP contribution in [0.4, 0.5) is 0 Å². The Morgan fingerprint density at radius 1 is 1.35 bits per heavy atom. The van der Waals surface area contributed by atoms with Crippen molar-refractivity contribution in [3.8, 4) is 5.75 Å². The Bertz CT molecular complexity index is 582. The lowest BCUT2D eigenvalue weighted by molar-refractivity contribution is 0.109.